The molecular formula is C20H19N3O3. The molecule has 3 atom stereocenters. The van der Waals surface area contributed by atoms with Gasteiger partial charge in [0, 0.05) is 36.3 Å². The number of benzene rings is 2. The molecule has 0 saturated carbocycles. The summed E-state index contributed by atoms with van der Waals surface area (Å²) in [5.41, 5.74) is 4.16. The van der Waals surface area contributed by atoms with Crippen LogP contribution in [-0.4, -0.2) is 10.8 Å². The fourth-order valence-electron chi connectivity index (χ4n) is 4.01. The lowest BCUT2D eigenvalue weighted by Crippen LogP contribution is -2.29. The average Bonchev–Trinajstić information content (AvgIpc) is 3.11. The molecule has 2 aromatic carbocycles. The number of carbonyl (C=O) groups excluding carboxylic acids is 1. The fraction of sp³-hybridized carbons (Fsp3) is 0.250. The van der Waals surface area contributed by atoms with Crippen LogP contribution in [0.2, 0.25) is 0 Å². The molecule has 2 aliphatic rings. The van der Waals surface area contributed by atoms with Crippen molar-refractivity contribution in [2.45, 2.75) is 25.3 Å². The van der Waals surface area contributed by atoms with Gasteiger partial charge in [0.1, 0.15) is 0 Å². The molecule has 0 radical (unpaired) electrons. The van der Waals surface area contributed by atoms with Crippen molar-refractivity contribution in [1.82, 2.24) is 0 Å². The fourth-order valence-corrected chi connectivity index (χ4v) is 4.01. The normalized spacial score (nSPS) is 22.9. The third kappa shape index (κ3) is 2.83. The van der Waals surface area contributed by atoms with Gasteiger partial charge in [-0.15, -0.1) is 0 Å². The van der Waals surface area contributed by atoms with Crippen LogP contribution >= 0.6 is 0 Å². The molecule has 0 fully saturated rings. The Bertz CT molecular complexity index is 905. The molecule has 6 nitrogen and oxygen atoms in total. The second-order valence-electron chi connectivity index (χ2n) is 6.81. The molecule has 0 unspecified atom stereocenters. The molecule has 1 heterocycles. The lowest BCUT2D eigenvalue weighted by Gasteiger charge is -2.37. The van der Waals surface area contributed by atoms with Crippen molar-refractivity contribution in [2.24, 2.45) is 5.92 Å². The van der Waals surface area contributed by atoms with Crippen LogP contribution in [0.5, 0.6) is 0 Å². The van der Waals surface area contributed by atoms with Crippen LogP contribution in [0.3, 0.4) is 0 Å². The van der Waals surface area contributed by atoms with E-state index in [-0.39, 0.29) is 28.5 Å². The molecule has 4 rings (SSSR count). The monoisotopic (exact) mass is 349 g/mol. The minimum Gasteiger partial charge on any atom is -0.378 e. The summed E-state index contributed by atoms with van der Waals surface area (Å²) in [6.45, 7) is 1.50. The Labute approximate surface area is 151 Å². The Morgan fingerprint density at radius 2 is 2.00 bits per heavy atom. The highest BCUT2D eigenvalue weighted by molar-refractivity contribution is 5.89. The number of carbonyl (C=O) groups is 1. The number of nitrogens with one attached hydrogen (secondary N) is 2. The molecule has 0 spiro atoms. The third-order valence-corrected chi connectivity index (χ3v) is 5.15. The number of rotatable bonds is 3. The van der Waals surface area contributed by atoms with Gasteiger partial charge in [0.2, 0.25) is 5.91 Å². The summed E-state index contributed by atoms with van der Waals surface area (Å²) in [7, 11) is 0. The minimum atomic E-state index is -0.378. The van der Waals surface area contributed by atoms with E-state index in [0.717, 1.165) is 23.4 Å². The van der Waals surface area contributed by atoms with Crippen molar-refractivity contribution >= 4 is 23.0 Å². The SMILES string of the molecule is CC(=O)Nc1ccc2c(c1)[C@@H]1C=CC[C@@H]1[C@@H](c1ccc([N+](=O)[O-])cc1)N2. The summed E-state index contributed by atoms with van der Waals surface area (Å²) in [5.74, 6) is 0.521. The summed E-state index contributed by atoms with van der Waals surface area (Å²) in [6.07, 6.45) is 5.36. The first kappa shape index (κ1) is 16.3. The predicted molar refractivity (Wildman–Crippen MR) is 100 cm³/mol. The van der Waals surface area contributed by atoms with Gasteiger partial charge in [-0.1, -0.05) is 24.3 Å². The number of amides is 1. The van der Waals surface area contributed by atoms with Gasteiger partial charge >= 0.3 is 0 Å². The van der Waals surface area contributed by atoms with Gasteiger partial charge in [-0.3, -0.25) is 14.9 Å². The highest BCUT2D eigenvalue weighted by Crippen LogP contribution is 2.50. The van der Waals surface area contributed by atoms with E-state index in [1.807, 2.05) is 30.3 Å². The quantitative estimate of drug-likeness (QED) is 0.489. The summed E-state index contributed by atoms with van der Waals surface area (Å²) in [5, 5.41) is 17.3. The number of nitro benzene ring substituents is 1. The Kier molecular flexibility index (Phi) is 3.95. The van der Waals surface area contributed by atoms with Gasteiger partial charge < -0.3 is 10.6 Å². The van der Waals surface area contributed by atoms with Crippen LogP contribution in [0.4, 0.5) is 17.1 Å². The third-order valence-electron chi connectivity index (χ3n) is 5.15. The van der Waals surface area contributed by atoms with Crippen molar-refractivity contribution in [3.05, 3.63) is 75.9 Å². The van der Waals surface area contributed by atoms with Crippen LogP contribution < -0.4 is 10.6 Å². The molecule has 0 saturated heterocycles. The maximum atomic E-state index is 11.3. The van der Waals surface area contributed by atoms with Crippen molar-refractivity contribution in [1.29, 1.82) is 0 Å². The Morgan fingerprint density at radius 1 is 1.23 bits per heavy atom. The largest absolute Gasteiger partial charge is 0.378 e. The van der Waals surface area contributed by atoms with E-state index in [2.05, 4.69) is 22.8 Å². The van der Waals surface area contributed by atoms with E-state index in [0.29, 0.717) is 5.92 Å². The van der Waals surface area contributed by atoms with E-state index in [1.165, 1.54) is 12.5 Å². The number of nitrogens with zero attached hydrogens (tertiary/aromatic N) is 1. The van der Waals surface area contributed by atoms with Crippen LogP contribution in [0.15, 0.2) is 54.6 Å². The molecular weight excluding hydrogens is 330 g/mol. The Morgan fingerprint density at radius 3 is 2.69 bits per heavy atom. The number of anilines is 2. The maximum absolute atomic E-state index is 11.3. The van der Waals surface area contributed by atoms with Crippen molar-refractivity contribution in [2.75, 3.05) is 10.6 Å². The van der Waals surface area contributed by atoms with Crippen LogP contribution in [0, 0.1) is 16.0 Å². The highest BCUT2D eigenvalue weighted by Gasteiger charge is 2.38. The van der Waals surface area contributed by atoms with Crippen LogP contribution in [-0.2, 0) is 4.79 Å². The lowest BCUT2D eigenvalue weighted by atomic mass is 9.77. The number of nitro groups is 1. The predicted octanol–water partition coefficient (Wildman–Crippen LogP) is 4.38. The number of hydrogen-bond acceptors (Lipinski definition) is 4. The zero-order valence-corrected chi connectivity index (χ0v) is 14.3. The van der Waals surface area contributed by atoms with Gasteiger partial charge in [-0.25, -0.2) is 0 Å². The minimum absolute atomic E-state index is 0.0870. The molecule has 2 N–H and O–H groups in total. The van der Waals surface area contributed by atoms with E-state index in [1.54, 1.807) is 12.1 Å². The van der Waals surface area contributed by atoms with E-state index in [9.17, 15) is 14.9 Å². The van der Waals surface area contributed by atoms with Gasteiger partial charge in [0.25, 0.3) is 5.69 Å². The topological polar surface area (TPSA) is 84.3 Å². The Hall–Kier alpha value is -3.15. The lowest BCUT2D eigenvalue weighted by molar-refractivity contribution is -0.384. The first-order valence-electron chi connectivity index (χ1n) is 8.62. The Balaban J connectivity index is 1.68. The van der Waals surface area contributed by atoms with Crippen LogP contribution in [0.25, 0.3) is 0 Å². The molecule has 0 aromatic heterocycles. The van der Waals surface area contributed by atoms with E-state index >= 15 is 0 Å². The maximum Gasteiger partial charge on any atom is 0.269 e. The second-order valence-corrected chi connectivity index (χ2v) is 6.81. The zero-order chi connectivity index (χ0) is 18.3. The molecule has 6 heteroatoms. The van der Waals surface area contributed by atoms with E-state index < -0.39 is 0 Å². The summed E-state index contributed by atoms with van der Waals surface area (Å²) in [6, 6.07) is 12.8. The average molecular weight is 349 g/mol. The highest BCUT2D eigenvalue weighted by atomic mass is 16.6. The standard InChI is InChI=1S/C20H19N3O3/c1-12(24)21-14-7-10-19-18(11-14)16-3-2-4-17(16)20(22-19)13-5-8-15(9-6-13)23(25)26/h2-3,5-11,16-17,20,22H,4H2,1H3,(H,21,24)/t16-,17+,20-/m1/s1. The van der Waals surface area contributed by atoms with E-state index in [4.69, 9.17) is 0 Å². The number of hydrogen-bond donors (Lipinski definition) is 2. The second kappa shape index (κ2) is 6.29. The van der Waals surface area contributed by atoms with Crippen molar-refractivity contribution in [3.8, 4) is 0 Å². The molecule has 1 amide bonds. The van der Waals surface area contributed by atoms with Crippen LogP contribution in [0.1, 0.15) is 36.4 Å². The molecule has 1 aliphatic heterocycles. The summed E-state index contributed by atoms with van der Waals surface area (Å²) in [4.78, 5) is 21.8. The van der Waals surface area contributed by atoms with Gasteiger partial charge in [-0.2, -0.15) is 0 Å². The number of fused-ring (bicyclic) bond motifs is 3. The summed E-state index contributed by atoms with van der Waals surface area (Å²) >= 11 is 0. The van der Waals surface area contributed by atoms with Crippen molar-refractivity contribution < 1.29 is 9.72 Å². The molecule has 2 aromatic rings. The molecule has 132 valence electrons. The summed E-state index contributed by atoms with van der Waals surface area (Å²) < 4.78 is 0. The van der Waals surface area contributed by atoms with Gasteiger partial charge in [0.15, 0.2) is 0 Å². The van der Waals surface area contributed by atoms with Gasteiger partial charge in [0.05, 0.1) is 11.0 Å². The first-order chi connectivity index (χ1) is 12.5. The smallest absolute Gasteiger partial charge is 0.269 e. The van der Waals surface area contributed by atoms with Gasteiger partial charge in [-0.05, 0) is 41.7 Å². The molecule has 1 aliphatic carbocycles. The molecule has 26 heavy (non-hydrogen) atoms. The number of non-ortho nitro benzene ring substituents is 1. The molecule has 0 bridgehead atoms. The van der Waals surface area contributed by atoms with Crippen molar-refractivity contribution in [3.63, 3.8) is 0 Å². The zero-order valence-electron chi connectivity index (χ0n) is 14.3. The number of allylic oxidation sites excluding steroid dienone is 2. The first-order valence-corrected chi connectivity index (χ1v) is 8.62.